The zero-order chi connectivity index (χ0) is 16.3. The Hall–Kier alpha value is -1.44. The molecule has 120 valence electrons. The molecule has 0 N–H and O–H groups in total. The fourth-order valence-corrected chi connectivity index (χ4v) is 4.84. The van der Waals surface area contributed by atoms with E-state index >= 15 is 0 Å². The molecule has 0 fully saturated rings. The summed E-state index contributed by atoms with van der Waals surface area (Å²) in [6.45, 7) is 2.01. The van der Waals surface area contributed by atoms with Crippen molar-refractivity contribution >= 4 is 38.6 Å². The number of ether oxygens (including phenoxy) is 2. The number of methoxy groups -OCH3 is 2. The number of halogens is 1. The van der Waals surface area contributed by atoms with Crippen molar-refractivity contribution in [3.63, 3.8) is 0 Å². The van der Waals surface area contributed by atoms with Gasteiger partial charge in [0.1, 0.15) is 15.7 Å². The highest BCUT2D eigenvalue weighted by molar-refractivity contribution is 7.94. The van der Waals surface area contributed by atoms with Crippen molar-refractivity contribution in [2.24, 2.45) is 0 Å². The normalized spacial score (nSPS) is 11.3. The molecule has 1 aromatic heterocycles. The summed E-state index contributed by atoms with van der Waals surface area (Å²) in [4.78, 5) is 0. The van der Waals surface area contributed by atoms with Gasteiger partial charge in [0.05, 0.1) is 24.9 Å². The first-order valence-corrected chi connectivity index (χ1v) is 9.13. The number of benzene rings is 1. The van der Waals surface area contributed by atoms with Crippen LogP contribution in [0, 0.1) is 0 Å². The Morgan fingerprint density at radius 3 is 2.41 bits per heavy atom. The van der Waals surface area contributed by atoms with Gasteiger partial charge in [-0.2, -0.15) is 0 Å². The standard InChI is InChI=1S/C14H16ClNO4S2/c1-4-16(22(17,18)14-6-5-7-21-14)11-9-12(19-2)10(15)8-13(11)20-3/h5-9H,4H2,1-3H3. The van der Waals surface area contributed by atoms with Crippen molar-refractivity contribution in [3.8, 4) is 11.5 Å². The van der Waals surface area contributed by atoms with E-state index in [0.29, 0.717) is 22.2 Å². The van der Waals surface area contributed by atoms with Crippen LogP contribution in [0.3, 0.4) is 0 Å². The molecule has 22 heavy (non-hydrogen) atoms. The number of anilines is 1. The third kappa shape index (κ3) is 3.02. The van der Waals surface area contributed by atoms with Crippen molar-refractivity contribution in [1.29, 1.82) is 0 Å². The summed E-state index contributed by atoms with van der Waals surface area (Å²) in [5.41, 5.74) is 0.389. The zero-order valence-electron chi connectivity index (χ0n) is 12.4. The molecule has 2 aromatic rings. The maximum atomic E-state index is 12.8. The quantitative estimate of drug-likeness (QED) is 0.788. The molecule has 1 heterocycles. The summed E-state index contributed by atoms with van der Waals surface area (Å²) in [6.07, 6.45) is 0. The van der Waals surface area contributed by atoms with Gasteiger partial charge in [0.25, 0.3) is 10.0 Å². The summed E-state index contributed by atoms with van der Waals surface area (Å²) in [7, 11) is -0.719. The number of thiophene rings is 1. The second kappa shape index (κ2) is 6.76. The first kappa shape index (κ1) is 16.9. The molecule has 0 saturated heterocycles. The van der Waals surface area contributed by atoms with Crippen molar-refractivity contribution in [3.05, 3.63) is 34.7 Å². The topological polar surface area (TPSA) is 55.8 Å². The lowest BCUT2D eigenvalue weighted by Gasteiger charge is -2.24. The van der Waals surface area contributed by atoms with E-state index in [-0.39, 0.29) is 10.8 Å². The molecule has 1 aromatic carbocycles. The molecule has 0 spiro atoms. The molecule has 5 nitrogen and oxygen atoms in total. The van der Waals surface area contributed by atoms with Gasteiger partial charge in [-0.3, -0.25) is 4.31 Å². The van der Waals surface area contributed by atoms with Gasteiger partial charge in [0, 0.05) is 18.7 Å². The van der Waals surface area contributed by atoms with Crippen molar-refractivity contribution in [2.45, 2.75) is 11.1 Å². The number of hydrogen-bond acceptors (Lipinski definition) is 5. The van der Waals surface area contributed by atoms with Crippen molar-refractivity contribution < 1.29 is 17.9 Å². The van der Waals surface area contributed by atoms with E-state index < -0.39 is 10.0 Å². The Kier molecular flexibility index (Phi) is 5.20. The Balaban J connectivity index is 2.61. The summed E-state index contributed by atoms with van der Waals surface area (Å²) in [5.74, 6) is 0.755. The van der Waals surface area contributed by atoms with E-state index in [4.69, 9.17) is 21.1 Å². The van der Waals surface area contributed by atoms with Crippen LogP contribution in [0.25, 0.3) is 0 Å². The highest BCUT2D eigenvalue weighted by Crippen LogP contribution is 2.40. The number of rotatable bonds is 6. The average Bonchev–Trinajstić information content (AvgIpc) is 3.03. The first-order chi connectivity index (χ1) is 10.5. The molecular weight excluding hydrogens is 346 g/mol. The molecule has 0 atom stereocenters. The third-order valence-electron chi connectivity index (χ3n) is 3.05. The number of hydrogen-bond donors (Lipinski definition) is 0. The largest absolute Gasteiger partial charge is 0.495 e. The highest BCUT2D eigenvalue weighted by atomic mass is 35.5. The first-order valence-electron chi connectivity index (χ1n) is 6.43. The number of sulfonamides is 1. The predicted octanol–water partition coefficient (Wildman–Crippen LogP) is 3.63. The van der Waals surface area contributed by atoms with Gasteiger partial charge >= 0.3 is 0 Å². The minimum absolute atomic E-state index is 0.251. The molecule has 0 bridgehead atoms. The summed E-state index contributed by atoms with van der Waals surface area (Å²) < 4.78 is 37.6. The van der Waals surface area contributed by atoms with E-state index in [1.54, 1.807) is 36.6 Å². The molecule has 0 saturated carbocycles. The van der Waals surface area contributed by atoms with Crippen LogP contribution in [0.2, 0.25) is 5.02 Å². The van der Waals surface area contributed by atoms with Gasteiger partial charge in [0.2, 0.25) is 0 Å². The van der Waals surface area contributed by atoms with Crippen LogP contribution in [0.15, 0.2) is 33.9 Å². The fourth-order valence-electron chi connectivity index (χ4n) is 2.03. The third-order valence-corrected chi connectivity index (χ3v) is 6.61. The molecular formula is C14H16ClNO4S2. The van der Waals surface area contributed by atoms with Crippen LogP contribution in [0.1, 0.15) is 6.92 Å². The van der Waals surface area contributed by atoms with Crippen LogP contribution >= 0.6 is 22.9 Å². The molecule has 2 rings (SSSR count). The molecule has 8 heteroatoms. The summed E-state index contributed by atoms with van der Waals surface area (Å²) in [6, 6.07) is 6.38. The second-order valence-corrected chi connectivity index (χ2v) is 7.70. The highest BCUT2D eigenvalue weighted by Gasteiger charge is 2.28. The minimum atomic E-state index is -3.66. The Morgan fingerprint density at radius 2 is 1.91 bits per heavy atom. The molecule has 0 aliphatic carbocycles. The zero-order valence-corrected chi connectivity index (χ0v) is 14.8. The van der Waals surface area contributed by atoms with Gasteiger partial charge in [-0.1, -0.05) is 17.7 Å². The molecule has 0 unspecified atom stereocenters. The monoisotopic (exact) mass is 361 g/mol. The second-order valence-electron chi connectivity index (χ2n) is 4.26. The Morgan fingerprint density at radius 1 is 1.23 bits per heavy atom. The van der Waals surface area contributed by atoms with Crippen LogP contribution < -0.4 is 13.8 Å². The lowest BCUT2D eigenvalue weighted by atomic mass is 10.2. The van der Waals surface area contributed by atoms with Crippen LogP contribution in [0.4, 0.5) is 5.69 Å². The maximum Gasteiger partial charge on any atom is 0.273 e. The van der Waals surface area contributed by atoms with Crippen LogP contribution in [-0.2, 0) is 10.0 Å². The van der Waals surface area contributed by atoms with Gasteiger partial charge in [-0.15, -0.1) is 11.3 Å². The molecule has 0 aliphatic rings. The van der Waals surface area contributed by atoms with Crippen LogP contribution in [-0.4, -0.2) is 29.2 Å². The van der Waals surface area contributed by atoms with Crippen LogP contribution in [0.5, 0.6) is 11.5 Å². The van der Waals surface area contributed by atoms with E-state index in [9.17, 15) is 8.42 Å². The lowest BCUT2D eigenvalue weighted by molar-refractivity contribution is 0.404. The number of nitrogens with zero attached hydrogens (tertiary/aromatic N) is 1. The minimum Gasteiger partial charge on any atom is -0.495 e. The lowest BCUT2D eigenvalue weighted by Crippen LogP contribution is -2.30. The molecule has 0 radical (unpaired) electrons. The Bertz CT molecular complexity index is 744. The van der Waals surface area contributed by atoms with Gasteiger partial charge < -0.3 is 9.47 Å². The average molecular weight is 362 g/mol. The van der Waals surface area contributed by atoms with Crippen molar-refractivity contribution in [2.75, 3.05) is 25.1 Å². The van der Waals surface area contributed by atoms with Gasteiger partial charge in [0.15, 0.2) is 0 Å². The SMILES string of the molecule is CCN(c1cc(OC)c(Cl)cc1OC)S(=O)(=O)c1cccs1. The van der Waals surface area contributed by atoms with Gasteiger partial charge in [-0.05, 0) is 18.4 Å². The molecule has 0 amide bonds. The Labute approximate surface area is 139 Å². The van der Waals surface area contributed by atoms with Crippen molar-refractivity contribution in [1.82, 2.24) is 0 Å². The fraction of sp³-hybridized carbons (Fsp3) is 0.286. The smallest absolute Gasteiger partial charge is 0.273 e. The van der Waals surface area contributed by atoms with E-state index in [0.717, 1.165) is 0 Å². The predicted molar refractivity (Wildman–Crippen MR) is 89.1 cm³/mol. The van der Waals surface area contributed by atoms with E-state index in [2.05, 4.69) is 0 Å². The van der Waals surface area contributed by atoms with E-state index in [1.807, 2.05) is 0 Å². The summed E-state index contributed by atoms with van der Waals surface area (Å²) >= 11 is 7.24. The summed E-state index contributed by atoms with van der Waals surface area (Å²) in [5, 5.41) is 2.08. The molecule has 0 aliphatic heterocycles. The van der Waals surface area contributed by atoms with E-state index in [1.165, 1.54) is 29.9 Å². The maximum absolute atomic E-state index is 12.8. The van der Waals surface area contributed by atoms with Gasteiger partial charge in [-0.25, -0.2) is 8.42 Å².